The van der Waals surface area contributed by atoms with E-state index in [9.17, 15) is 9.59 Å². The fourth-order valence-electron chi connectivity index (χ4n) is 5.76. The second-order valence-corrected chi connectivity index (χ2v) is 7.99. The lowest BCUT2D eigenvalue weighted by molar-refractivity contribution is -0.140. The van der Waals surface area contributed by atoms with E-state index in [1.807, 2.05) is 18.2 Å². The summed E-state index contributed by atoms with van der Waals surface area (Å²) in [6.45, 7) is 0. The summed E-state index contributed by atoms with van der Waals surface area (Å²) in [7, 11) is 0. The summed E-state index contributed by atoms with van der Waals surface area (Å²) in [6, 6.07) is 5.54. The summed E-state index contributed by atoms with van der Waals surface area (Å²) in [5, 5.41) is 3.13. The standard InChI is InChI=1S/C18H21N3O2/c22-16(18-7-10-3-11(8-18)5-12(4-10)9-18)19-13-1-2-14-15(6-13)21-17(23)20-14/h1-2,6,10-12H,3-5,7-9H2,(H,19,22)(H2,20,21,23). The maximum Gasteiger partial charge on any atom is 0.323 e. The Hall–Kier alpha value is -2.04. The minimum Gasteiger partial charge on any atom is -0.326 e. The van der Waals surface area contributed by atoms with Crippen molar-refractivity contribution in [3.8, 4) is 0 Å². The lowest BCUT2D eigenvalue weighted by atomic mass is 9.49. The minimum atomic E-state index is -0.218. The highest BCUT2D eigenvalue weighted by Crippen LogP contribution is 2.60. The first kappa shape index (κ1) is 13.4. The molecule has 0 saturated heterocycles. The van der Waals surface area contributed by atoms with E-state index in [0.717, 1.165) is 53.7 Å². The van der Waals surface area contributed by atoms with Gasteiger partial charge in [0, 0.05) is 5.69 Å². The molecule has 1 heterocycles. The van der Waals surface area contributed by atoms with Gasteiger partial charge in [0.1, 0.15) is 0 Å². The third-order valence-electron chi connectivity index (χ3n) is 6.29. The molecule has 0 unspecified atom stereocenters. The number of nitrogens with one attached hydrogen (secondary N) is 3. The molecule has 4 fully saturated rings. The SMILES string of the molecule is O=C(Nc1ccc2[nH]c(=O)[nH]c2c1)C12CC3CC(CC(C3)C1)C2. The van der Waals surface area contributed by atoms with Gasteiger partial charge in [-0.3, -0.25) is 4.79 Å². The molecule has 0 aliphatic heterocycles. The van der Waals surface area contributed by atoms with Gasteiger partial charge in [0.2, 0.25) is 5.91 Å². The molecule has 4 aliphatic carbocycles. The van der Waals surface area contributed by atoms with Gasteiger partial charge in [0.05, 0.1) is 16.4 Å². The fraction of sp³-hybridized carbons (Fsp3) is 0.556. The Balaban J connectivity index is 1.43. The van der Waals surface area contributed by atoms with Gasteiger partial charge in [-0.15, -0.1) is 0 Å². The van der Waals surface area contributed by atoms with Crippen LogP contribution in [0.25, 0.3) is 11.0 Å². The Morgan fingerprint density at radius 3 is 2.26 bits per heavy atom. The van der Waals surface area contributed by atoms with Gasteiger partial charge in [-0.25, -0.2) is 4.79 Å². The molecule has 4 bridgehead atoms. The van der Waals surface area contributed by atoms with Crippen molar-refractivity contribution in [3.05, 3.63) is 28.7 Å². The minimum absolute atomic E-state index is 0.144. The van der Waals surface area contributed by atoms with Gasteiger partial charge in [0.25, 0.3) is 0 Å². The molecule has 5 nitrogen and oxygen atoms in total. The number of hydrogen-bond acceptors (Lipinski definition) is 2. The summed E-state index contributed by atoms with van der Waals surface area (Å²) in [5.74, 6) is 2.47. The molecular formula is C18H21N3O2. The van der Waals surface area contributed by atoms with Gasteiger partial charge in [-0.1, -0.05) is 0 Å². The van der Waals surface area contributed by atoms with Crippen LogP contribution in [0.5, 0.6) is 0 Å². The van der Waals surface area contributed by atoms with Gasteiger partial charge < -0.3 is 15.3 Å². The highest BCUT2D eigenvalue weighted by Gasteiger charge is 2.54. The molecular weight excluding hydrogens is 290 g/mol. The molecule has 1 aromatic carbocycles. The molecule has 120 valence electrons. The van der Waals surface area contributed by atoms with Gasteiger partial charge >= 0.3 is 5.69 Å². The van der Waals surface area contributed by atoms with Crippen LogP contribution < -0.4 is 11.0 Å². The van der Waals surface area contributed by atoms with E-state index < -0.39 is 0 Å². The number of anilines is 1. The van der Waals surface area contributed by atoms with Crippen molar-refractivity contribution < 1.29 is 4.79 Å². The molecule has 0 spiro atoms. The highest BCUT2D eigenvalue weighted by atomic mass is 16.2. The van der Waals surface area contributed by atoms with Crippen LogP contribution in [0.15, 0.2) is 23.0 Å². The van der Waals surface area contributed by atoms with Crippen LogP contribution >= 0.6 is 0 Å². The number of carbonyl (C=O) groups is 1. The van der Waals surface area contributed by atoms with Crippen molar-refractivity contribution in [1.82, 2.24) is 9.97 Å². The Morgan fingerprint density at radius 1 is 1.00 bits per heavy atom. The average molecular weight is 311 g/mol. The zero-order valence-corrected chi connectivity index (χ0v) is 13.0. The summed E-state index contributed by atoms with van der Waals surface area (Å²) >= 11 is 0. The van der Waals surface area contributed by atoms with Crippen molar-refractivity contribution in [3.63, 3.8) is 0 Å². The number of H-pyrrole nitrogens is 2. The highest BCUT2D eigenvalue weighted by molar-refractivity contribution is 5.97. The monoisotopic (exact) mass is 311 g/mol. The second kappa shape index (κ2) is 4.49. The Bertz CT molecular complexity index is 812. The smallest absolute Gasteiger partial charge is 0.323 e. The van der Waals surface area contributed by atoms with Gasteiger partial charge in [-0.05, 0) is 74.5 Å². The lowest BCUT2D eigenvalue weighted by Gasteiger charge is -2.55. The van der Waals surface area contributed by atoms with Crippen molar-refractivity contribution in [2.24, 2.45) is 23.2 Å². The van der Waals surface area contributed by atoms with Gasteiger partial charge in [-0.2, -0.15) is 0 Å². The average Bonchev–Trinajstić information content (AvgIpc) is 2.85. The molecule has 23 heavy (non-hydrogen) atoms. The number of hydrogen-bond donors (Lipinski definition) is 3. The van der Waals surface area contributed by atoms with Crippen LogP contribution in [0.1, 0.15) is 38.5 Å². The zero-order valence-electron chi connectivity index (χ0n) is 13.0. The first-order chi connectivity index (χ1) is 11.1. The van der Waals surface area contributed by atoms with Crippen LogP contribution in [-0.4, -0.2) is 15.9 Å². The number of imidazole rings is 1. The van der Waals surface area contributed by atoms with Crippen LogP contribution in [0.2, 0.25) is 0 Å². The van der Waals surface area contributed by atoms with E-state index >= 15 is 0 Å². The predicted molar refractivity (Wildman–Crippen MR) is 88.2 cm³/mol. The summed E-state index contributed by atoms with van der Waals surface area (Å²) in [5.41, 5.74) is 1.91. The van der Waals surface area contributed by atoms with Crippen molar-refractivity contribution in [2.45, 2.75) is 38.5 Å². The van der Waals surface area contributed by atoms with Crippen molar-refractivity contribution in [2.75, 3.05) is 5.32 Å². The molecule has 2 aromatic rings. The molecule has 1 amide bonds. The number of fused-ring (bicyclic) bond motifs is 1. The van der Waals surface area contributed by atoms with Crippen LogP contribution in [0.4, 0.5) is 5.69 Å². The third-order valence-corrected chi connectivity index (χ3v) is 6.29. The van der Waals surface area contributed by atoms with Crippen molar-refractivity contribution >= 4 is 22.6 Å². The first-order valence-corrected chi connectivity index (χ1v) is 8.63. The molecule has 4 saturated carbocycles. The Morgan fingerprint density at radius 2 is 1.61 bits per heavy atom. The van der Waals surface area contributed by atoms with E-state index in [0.29, 0.717) is 0 Å². The Kier molecular flexibility index (Phi) is 2.62. The number of rotatable bonds is 2. The maximum absolute atomic E-state index is 13.0. The molecule has 0 atom stereocenters. The summed E-state index contributed by atoms with van der Waals surface area (Å²) in [4.78, 5) is 29.8. The zero-order chi connectivity index (χ0) is 15.6. The normalized spacial score (nSPS) is 34.9. The molecule has 5 heteroatoms. The van der Waals surface area contributed by atoms with E-state index in [-0.39, 0.29) is 17.0 Å². The first-order valence-electron chi connectivity index (χ1n) is 8.63. The number of aromatic nitrogens is 2. The van der Waals surface area contributed by atoms with Crippen LogP contribution in [0, 0.1) is 23.2 Å². The van der Waals surface area contributed by atoms with Gasteiger partial charge in [0.15, 0.2) is 0 Å². The van der Waals surface area contributed by atoms with E-state index in [2.05, 4.69) is 15.3 Å². The fourth-order valence-corrected chi connectivity index (χ4v) is 5.76. The quantitative estimate of drug-likeness (QED) is 0.797. The van der Waals surface area contributed by atoms with Crippen LogP contribution in [-0.2, 0) is 4.79 Å². The Labute approximate surface area is 133 Å². The van der Waals surface area contributed by atoms with Crippen molar-refractivity contribution in [1.29, 1.82) is 0 Å². The largest absolute Gasteiger partial charge is 0.326 e. The van der Waals surface area contributed by atoms with Crippen LogP contribution in [0.3, 0.4) is 0 Å². The lowest BCUT2D eigenvalue weighted by Crippen LogP contribution is -2.51. The number of aromatic amines is 2. The summed E-state index contributed by atoms with van der Waals surface area (Å²) in [6.07, 6.45) is 7.20. The second-order valence-electron chi connectivity index (χ2n) is 7.99. The topological polar surface area (TPSA) is 77.8 Å². The predicted octanol–water partition coefficient (Wildman–Crippen LogP) is 3.01. The molecule has 0 radical (unpaired) electrons. The third kappa shape index (κ3) is 2.06. The van der Waals surface area contributed by atoms with E-state index in [1.165, 1.54) is 19.3 Å². The molecule has 1 aromatic heterocycles. The van der Waals surface area contributed by atoms with E-state index in [1.54, 1.807) is 0 Å². The maximum atomic E-state index is 13.0. The number of amides is 1. The molecule has 3 N–H and O–H groups in total. The molecule has 4 aliphatic rings. The summed E-state index contributed by atoms with van der Waals surface area (Å²) < 4.78 is 0. The molecule has 6 rings (SSSR count). The number of carbonyl (C=O) groups excluding carboxylic acids is 1. The number of benzene rings is 1. The van der Waals surface area contributed by atoms with E-state index in [4.69, 9.17) is 0 Å².